The average molecular weight is 560 g/mol. The molecule has 0 fully saturated rings. The van der Waals surface area contributed by atoms with Crippen LogP contribution in [0.1, 0.15) is 30.9 Å². The molecule has 0 N–H and O–H groups in total. The Morgan fingerprint density at radius 2 is 1.36 bits per heavy atom. The van der Waals surface area contributed by atoms with Crippen molar-refractivity contribution in [2.75, 3.05) is 34.5 Å². The highest BCUT2D eigenvalue weighted by molar-refractivity contribution is 9.10. The number of halogens is 1. The van der Waals surface area contributed by atoms with E-state index in [1.807, 2.05) is 30.3 Å². The first-order valence-corrected chi connectivity index (χ1v) is 12.2. The Hall–Kier alpha value is -3.46. The Bertz CT molecular complexity index is 1140. The van der Waals surface area contributed by atoms with Gasteiger partial charge < -0.3 is 28.6 Å². The fourth-order valence-electron chi connectivity index (χ4n) is 3.98. The summed E-state index contributed by atoms with van der Waals surface area (Å²) in [6.07, 6.45) is 3.42. The van der Waals surface area contributed by atoms with Gasteiger partial charge in [0, 0.05) is 18.9 Å². The minimum absolute atomic E-state index is 0.198. The molecular weight excluding hydrogens is 530 g/mol. The van der Waals surface area contributed by atoms with Crippen molar-refractivity contribution in [3.8, 4) is 17.2 Å². The topological polar surface area (TPSA) is 83.5 Å². The van der Waals surface area contributed by atoms with E-state index in [1.165, 1.54) is 0 Å². The van der Waals surface area contributed by atoms with Gasteiger partial charge in [-0.3, -0.25) is 0 Å². The van der Waals surface area contributed by atoms with Crippen LogP contribution in [-0.2, 0) is 25.6 Å². The van der Waals surface area contributed by atoms with Gasteiger partial charge in [-0.15, -0.1) is 0 Å². The number of carbonyl (C=O) groups is 2. The van der Waals surface area contributed by atoms with E-state index >= 15 is 0 Å². The minimum atomic E-state index is -0.688. The number of ether oxygens (including phenoxy) is 5. The predicted molar refractivity (Wildman–Crippen MR) is 138 cm³/mol. The molecule has 0 radical (unpaired) electrons. The Morgan fingerprint density at radius 3 is 1.86 bits per heavy atom. The maximum atomic E-state index is 13.1. The second-order valence-electron chi connectivity index (χ2n) is 7.80. The molecule has 1 heterocycles. The van der Waals surface area contributed by atoms with E-state index in [1.54, 1.807) is 58.5 Å². The van der Waals surface area contributed by atoms with E-state index in [0.29, 0.717) is 45.0 Å². The van der Waals surface area contributed by atoms with Crippen molar-refractivity contribution in [2.45, 2.75) is 26.3 Å². The van der Waals surface area contributed by atoms with Crippen molar-refractivity contribution in [1.29, 1.82) is 0 Å². The number of carbonyl (C=O) groups excluding carboxylic acids is 2. The van der Waals surface area contributed by atoms with Crippen LogP contribution in [0.5, 0.6) is 17.2 Å². The van der Waals surface area contributed by atoms with E-state index in [-0.39, 0.29) is 13.2 Å². The van der Waals surface area contributed by atoms with E-state index in [4.69, 9.17) is 23.7 Å². The molecule has 0 aromatic heterocycles. The van der Waals surface area contributed by atoms with Crippen LogP contribution < -0.4 is 14.2 Å². The number of hydrogen-bond acceptors (Lipinski definition) is 8. The van der Waals surface area contributed by atoms with Crippen LogP contribution in [0.15, 0.2) is 64.4 Å². The van der Waals surface area contributed by atoms with Gasteiger partial charge in [0.05, 0.1) is 56.1 Å². The highest BCUT2D eigenvalue weighted by Gasteiger charge is 2.36. The number of benzene rings is 2. The molecule has 0 saturated carbocycles. The fraction of sp³-hybridized carbons (Fsp3) is 0.333. The Morgan fingerprint density at radius 1 is 0.806 bits per heavy atom. The van der Waals surface area contributed by atoms with Gasteiger partial charge in [0.25, 0.3) is 0 Å². The number of nitrogens with zero attached hydrogens (tertiary/aromatic N) is 1. The number of methoxy groups -OCH3 is 3. The van der Waals surface area contributed by atoms with Gasteiger partial charge in [-0.1, -0.05) is 12.1 Å². The molecule has 2 aromatic rings. The molecule has 192 valence electrons. The second-order valence-corrected chi connectivity index (χ2v) is 8.65. The molecular formula is C27H30BrNO7. The molecule has 3 rings (SSSR count). The van der Waals surface area contributed by atoms with E-state index in [0.717, 1.165) is 5.56 Å². The molecule has 0 aliphatic carbocycles. The smallest absolute Gasteiger partial charge is 0.336 e. The molecule has 9 heteroatoms. The van der Waals surface area contributed by atoms with Gasteiger partial charge in [-0.2, -0.15) is 0 Å². The largest absolute Gasteiger partial charge is 0.496 e. The monoisotopic (exact) mass is 559 g/mol. The van der Waals surface area contributed by atoms with E-state index in [2.05, 4.69) is 15.9 Å². The normalized spacial score (nSPS) is 13.4. The van der Waals surface area contributed by atoms with E-state index in [9.17, 15) is 9.59 Å². The fourth-order valence-corrected chi connectivity index (χ4v) is 4.54. The van der Waals surface area contributed by atoms with Gasteiger partial charge in [0.1, 0.15) is 5.75 Å². The molecule has 0 amide bonds. The van der Waals surface area contributed by atoms with Crippen LogP contribution in [0.4, 0.5) is 0 Å². The number of hydrogen-bond donors (Lipinski definition) is 0. The van der Waals surface area contributed by atoms with E-state index < -0.39 is 17.9 Å². The highest BCUT2D eigenvalue weighted by Crippen LogP contribution is 2.40. The van der Waals surface area contributed by atoms with Crippen LogP contribution in [-0.4, -0.2) is 51.4 Å². The van der Waals surface area contributed by atoms with Crippen molar-refractivity contribution in [1.82, 2.24) is 4.90 Å². The summed E-state index contributed by atoms with van der Waals surface area (Å²) in [6.45, 7) is 4.24. The summed E-state index contributed by atoms with van der Waals surface area (Å²) in [7, 11) is 4.71. The molecule has 1 aliphatic rings. The third kappa shape index (κ3) is 6.02. The van der Waals surface area contributed by atoms with Crippen molar-refractivity contribution in [2.24, 2.45) is 0 Å². The third-order valence-corrected chi connectivity index (χ3v) is 6.20. The molecule has 0 spiro atoms. The Balaban J connectivity index is 2.10. The number of rotatable bonds is 10. The summed E-state index contributed by atoms with van der Waals surface area (Å²) in [5, 5.41) is 0. The van der Waals surface area contributed by atoms with Gasteiger partial charge >= 0.3 is 11.9 Å². The van der Waals surface area contributed by atoms with Crippen LogP contribution in [0.3, 0.4) is 0 Å². The van der Waals surface area contributed by atoms with Crippen LogP contribution in [0, 0.1) is 0 Å². The summed E-state index contributed by atoms with van der Waals surface area (Å²) in [5.41, 5.74) is 2.24. The SMILES string of the molecule is CCOC(=O)C1=CN(Cc2ccc(OC)c(OC)c2)C=C(C(=O)OCC)C1c1ccc(OC)c(Br)c1. The second kappa shape index (κ2) is 12.5. The molecule has 2 aromatic carbocycles. The molecule has 0 saturated heterocycles. The minimum Gasteiger partial charge on any atom is -0.496 e. The standard InChI is InChI=1S/C27H30BrNO7/c1-6-35-26(30)19-15-29(14-17-8-10-23(33-4)24(12-17)34-5)16-20(27(31)36-7-2)25(19)18-9-11-22(32-3)21(28)13-18/h8-13,15-16,25H,6-7,14H2,1-5H3. The van der Waals surface area contributed by atoms with Gasteiger partial charge in [-0.25, -0.2) is 9.59 Å². The van der Waals surface area contributed by atoms with Gasteiger partial charge in [0.15, 0.2) is 11.5 Å². The average Bonchev–Trinajstić information content (AvgIpc) is 2.88. The van der Waals surface area contributed by atoms with Gasteiger partial charge in [0.2, 0.25) is 0 Å². The zero-order chi connectivity index (χ0) is 26.2. The van der Waals surface area contributed by atoms with Gasteiger partial charge in [-0.05, 0) is 65.2 Å². The first-order chi connectivity index (χ1) is 17.4. The summed E-state index contributed by atoms with van der Waals surface area (Å²) >= 11 is 3.50. The lowest BCUT2D eigenvalue weighted by Crippen LogP contribution is -2.29. The van der Waals surface area contributed by atoms with Crippen molar-refractivity contribution >= 4 is 27.9 Å². The Labute approximate surface area is 219 Å². The highest BCUT2D eigenvalue weighted by atomic mass is 79.9. The zero-order valence-corrected chi connectivity index (χ0v) is 22.6. The lowest BCUT2D eigenvalue weighted by molar-refractivity contribution is -0.139. The lowest BCUT2D eigenvalue weighted by Gasteiger charge is -2.30. The third-order valence-electron chi connectivity index (χ3n) is 5.58. The lowest BCUT2D eigenvalue weighted by atomic mass is 9.83. The summed E-state index contributed by atoms with van der Waals surface area (Å²) in [6, 6.07) is 11.0. The summed E-state index contributed by atoms with van der Waals surface area (Å²) in [5.74, 6) is 0.107. The molecule has 8 nitrogen and oxygen atoms in total. The van der Waals surface area contributed by atoms with Crippen molar-refractivity contribution in [3.63, 3.8) is 0 Å². The predicted octanol–water partition coefficient (Wildman–Crippen LogP) is 4.97. The van der Waals surface area contributed by atoms with Crippen LogP contribution >= 0.6 is 15.9 Å². The maximum Gasteiger partial charge on any atom is 0.336 e. The quantitative estimate of drug-likeness (QED) is 0.377. The summed E-state index contributed by atoms with van der Waals surface area (Å²) in [4.78, 5) is 28.0. The van der Waals surface area contributed by atoms with Crippen molar-refractivity contribution in [3.05, 3.63) is 75.5 Å². The number of esters is 2. The Kier molecular flexibility index (Phi) is 9.41. The molecule has 36 heavy (non-hydrogen) atoms. The van der Waals surface area contributed by atoms with Crippen LogP contribution in [0.2, 0.25) is 0 Å². The van der Waals surface area contributed by atoms with Crippen molar-refractivity contribution < 1.29 is 33.3 Å². The summed E-state index contributed by atoms with van der Waals surface area (Å²) < 4.78 is 27.5. The maximum absolute atomic E-state index is 13.1. The molecule has 0 unspecified atom stereocenters. The molecule has 0 bridgehead atoms. The first kappa shape index (κ1) is 27.1. The molecule has 1 aliphatic heterocycles. The first-order valence-electron chi connectivity index (χ1n) is 11.4. The zero-order valence-electron chi connectivity index (χ0n) is 21.0. The molecule has 0 atom stereocenters. The van der Waals surface area contributed by atoms with Crippen LogP contribution in [0.25, 0.3) is 0 Å².